The molecule has 8 heteroatoms. The number of carbonyl (C=O) groups excluding carboxylic acids is 1. The van der Waals surface area contributed by atoms with E-state index in [2.05, 4.69) is 56.4 Å². The van der Waals surface area contributed by atoms with Crippen LogP contribution in [0.25, 0.3) is 22.6 Å². The number of aryl methyl sites for hydroxylation is 2. The summed E-state index contributed by atoms with van der Waals surface area (Å²) < 4.78 is 10.8. The molecule has 8 nitrogen and oxygen atoms in total. The summed E-state index contributed by atoms with van der Waals surface area (Å²) in [5.41, 5.74) is 4.57. The number of rotatable bonds is 6. The van der Waals surface area contributed by atoms with Crippen molar-refractivity contribution in [3.63, 3.8) is 0 Å². The molecule has 1 amide bonds. The van der Waals surface area contributed by atoms with Crippen molar-refractivity contribution in [1.82, 2.24) is 20.4 Å². The Bertz CT molecular complexity index is 1260. The number of nitrogens with zero attached hydrogens (tertiary/aromatic N) is 4. The van der Waals surface area contributed by atoms with Crippen LogP contribution >= 0.6 is 0 Å². The van der Waals surface area contributed by atoms with Gasteiger partial charge in [-0.15, -0.1) is 0 Å². The lowest BCUT2D eigenvalue weighted by molar-refractivity contribution is 0.0949. The zero-order valence-electron chi connectivity index (χ0n) is 18.9. The lowest BCUT2D eigenvalue weighted by atomic mass is 10.1. The van der Waals surface area contributed by atoms with E-state index in [9.17, 15) is 4.79 Å². The first-order chi connectivity index (χ1) is 16.1. The van der Waals surface area contributed by atoms with Crippen LogP contribution in [0.4, 0.5) is 5.69 Å². The van der Waals surface area contributed by atoms with Gasteiger partial charge < -0.3 is 19.2 Å². The number of amides is 1. The van der Waals surface area contributed by atoms with Gasteiger partial charge in [-0.3, -0.25) is 9.69 Å². The Hall–Kier alpha value is -3.65. The molecule has 0 radical (unpaired) electrons. The Morgan fingerprint density at radius 2 is 1.94 bits per heavy atom. The van der Waals surface area contributed by atoms with Crippen molar-refractivity contribution >= 4 is 22.7 Å². The Balaban J connectivity index is 1.21. The van der Waals surface area contributed by atoms with E-state index < -0.39 is 0 Å². The topological polar surface area (TPSA) is 87.6 Å². The molecule has 0 unspecified atom stereocenters. The minimum absolute atomic E-state index is 0.167. The molecule has 4 aromatic rings. The number of hydrogen-bond acceptors (Lipinski definition) is 7. The predicted molar refractivity (Wildman–Crippen MR) is 126 cm³/mol. The first kappa shape index (κ1) is 21.2. The summed E-state index contributed by atoms with van der Waals surface area (Å²) >= 11 is 0. The number of aromatic nitrogens is 2. The van der Waals surface area contributed by atoms with Crippen molar-refractivity contribution < 1.29 is 13.7 Å². The highest BCUT2D eigenvalue weighted by Crippen LogP contribution is 2.27. The Labute approximate surface area is 192 Å². The second-order valence-corrected chi connectivity index (χ2v) is 8.40. The van der Waals surface area contributed by atoms with Crippen LogP contribution in [0.3, 0.4) is 0 Å². The summed E-state index contributed by atoms with van der Waals surface area (Å²) in [4.78, 5) is 22.3. The fourth-order valence-electron chi connectivity index (χ4n) is 4.30. The smallest absolute Gasteiger partial charge is 0.259 e. The molecular formula is C25H27N5O3. The third kappa shape index (κ3) is 4.47. The van der Waals surface area contributed by atoms with Gasteiger partial charge in [-0.05, 0) is 49.7 Å². The number of benzene rings is 1. The van der Waals surface area contributed by atoms with Crippen molar-refractivity contribution in [3.05, 3.63) is 65.5 Å². The molecule has 0 saturated carbocycles. The fourth-order valence-corrected chi connectivity index (χ4v) is 4.30. The van der Waals surface area contributed by atoms with Crippen LogP contribution in [-0.4, -0.2) is 60.2 Å². The zero-order valence-corrected chi connectivity index (χ0v) is 18.9. The molecule has 33 heavy (non-hydrogen) atoms. The van der Waals surface area contributed by atoms with Crippen LogP contribution in [0.5, 0.6) is 0 Å². The lowest BCUT2D eigenvalue weighted by Crippen LogP contribution is -2.48. The van der Waals surface area contributed by atoms with E-state index in [4.69, 9.17) is 8.94 Å². The third-order valence-electron chi connectivity index (χ3n) is 6.09. The van der Waals surface area contributed by atoms with Gasteiger partial charge in [0.25, 0.3) is 11.6 Å². The predicted octanol–water partition coefficient (Wildman–Crippen LogP) is 3.65. The van der Waals surface area contributed by atoms with Gasteiger partial charge in [-0.2, -0.15) is 0 Å². The highest BCUT2D eigenvalue weighted by Gasteiger charge is 2.21. The second kappa shape index (κ2) is 9.07. The van der Waals surface area contributed by atoms with Gasteiger partial charge in [0.05, 0.1) is 22.9 Å². The maximum absolute atomic E-state index is 13.1. The number of nitrogens with one attached hydrogen (secondary N) is 1. The first-order valence-corrected chi connectivity index (χ1v) is 11.2. The van der Waals surface area contributed by atoms with Gasteiger partial charge >= 0.3 is 0 Å². The number of piperazine rings is 1. The molecule has 3 aromatic heterocycles. The molecule has 1 N–H and O–H groups in total. The summed E-state index contributed by atoms with van der Waals surface area (Å²) in [5, 5.41) is 7.68. The molecule has 0 atom stereocenters. The van der Waals surface area contributed by atoms with Crippen LogP contribution in [0, 0.1) is 13.8 Å². The summed E-state index contributed by atoms with van der Waals surface area (Å²) in [7, 11) is 0. The van der Waals surface area contributed by atoms with Gasteiger partial charge in [-0.1, -0.05) is 17.3 Å². The van der Waals surface area contributed by atoms with E-state index in [1.54, 1.807) is 24.5 Å². The maximum atomic E-state index is 13.1. The minimum atomic E-state index is -0.167. The van der Waals surface area contributed by atoms with E-state index in [-0.39, 0.29) is 5.91 Å². The van der Waals surface area contributed by atoms with Crippen molar-refractivity contribution in [3.8, 4) is 11.5 Å². The average molecular weight is 446 g/mol. The highest BCUT2D eigenvalue weighted by atomic mass is 16.5. The number of hydrogen-bond donors (Lipinski definition) is 1. The van der Waals surface area contributed by atoms with Gasteiger partial charge in [-0.25, -0.2) is 4.98 Å². The third-order valence-corrected chi connectivity index (χ3v) is 6.09. The van der Waals surface area contributed by atoms with Crippen molar-refractivity contribution in [1.29, 1.82) is 0 Å². The molecule has 1 aromatic carbocycles. The summed E-state index contributed by atoms with van der Waals surface area (Å²) in [6.07, 6.45) is 1.57. The SMILES string of the molecule is Cc1cccc(N2CCN(CCNC(=O)c3cc(-c4ccco4)nc4onc(C)c34)CC2)c1. The maximum Gasteiger partial charge on any atom is 0.259 e. The van der Waals surface area contributed by atoms with Gasteiger partial charge in [0.15, 0.2) is 5.76 Å². The normalized spacial score (nSPS) is 14.7. The van der Waals surface area contributed by atoms with Crippen LogP contribution in [0.15, 0.2) is 57.7 Å². The molecule has 4 heterocycles. The average Bonchev–Trinajstić information content (AvgIpc) is 3.49. The molecule has 170 valence electrons. The van der Waals surface area contributed by atoms with Crippen molar-refractivity contribution in [2.45, 2.75) is 13.8 Å². The molecule has 1 saturated heterocycles. The number of fused-ring (bicyclic) bond motifs is 1. The van der Waals surface area contributed by atoms with Crippen LogP contribution in [-0.2, 0) is 0 Å². The summed E-state index contributed by atoms with van der Waals surface area (Å²) in [5.74, 6) is 0.409. The van der Waals surface area contributed by atoms with E-state index in [1.807, 2.05) is 6.92 Å². The molecule has 1 aliphatic rings. The monoisotopic (exact) mass is 445 g/mol. The quantitative estimate of drug-likeness (QED) is 0.485. The molecule has 5 rings (SSSR count). The fraction of sp³-hybridized carbons (Fsp3) is 0.320. The van der Waals surface area contributed by atoms with Gasteiger partial charge in [0.1, 0.15) is 5.69 Å². The zero-order chi connectivity index (χ0) is 22.8. The van der Waals surface area contributed by atoms with E-state index in [0.29, 0.717) is 40.4 Å². The standard InChI is InChI=1S/C25H27N5O3/c1-17-5-3-6-19(15-17)30-12-10-29(11-13-30)9-8-26-24(31)20-16-21(22-7-4-14-32-22)27-25-23(20)18(2)28-33-25/h3-7,14-16H,8-13H2,1-2H3,(H,26,31). The first-order valence-electron chi connectivity index (χ1n) is 11.2. The van der Waals surface area contributed by atoms with Crippen LogP contribution in [0.2, 0.25) is 0 Å². The Morgan fingerprint density at radius 3 is 2.70 bits per heavy atom. The Kier molecular flexibility index (Phi) is 5.83. The Morgan fingerprint density at radius 1 is 1.09 bits per heavy atom. The van der Waals surface area contributed by atoms with Gasteiger partial charge in [0.2, 0.25) is 0 Å². The minimum Gasteiger partial charge on any atom is -0.463 e. The van der Waals surface area contributed by atoms with E-state index >= 15 is 0 Å². The highest BCUT2D eigenvalue weighted by molar-refractivity contribution is 6.06. The number of carbonyl (C=O) groups is 1. The molecule has 0 aliphatic carbocycles. The van der Waals surface area contributed by atoms with E-state index in [1.165, 1.54) is 11.3 Å². The molecule has 1 aliphatic heterocycles. The molecular weight excluding hydrogens is 418 g/mol. The largest absolute Gasteiger partial charge is 0.463 e. The van der Waals surface area contributed by atoms with Crippen molar-refractivity contribution in [2.24, 2.45) is 0 Å². The number of pyridine rings is 1. The lowest BCUT2D eigenvalue weighted by Gasteiger charge is -2.36. The van der Waals surface area contributed by atoms with Crippen LogP contribution in [0.1, 0.15) is 21.6 Å². The van der Waals surface area contributed by atoms with Crippen LogP contribution < -0.4 is 10.2 Å². The molecule has 0 bridgehead atoms. The molecule has 0 spiro atoms. The summed E-state index contributed by atoms with van der Waals surface area (Å²) in [6.45, 7) is 9.20. The summed E-state index contributed by atoms with van der Waals surface area (Å²) in [6, 6.07) is 14.0. The second-order valence-electron chi connectivity index (χ2n) is 8.40. The van der Waals surface area contributed by atoms with E-state index in [0.717, 1.165) is 32.7 Å². The van der Waals surface area contributed by atoms with Crippen molar-refractivity contribution in [2.75, 3.05) is 44.2 Å². The number of furan rings is 1. The van der Waals surface area contributed by atoms with Gasteiger partial charge in [0, 0.05) is 45.0 Å². The molecule has 1 fully saturated rings. The number of anilines is 1.